The summed E-state index contributed by atoms with van der Waals surface area (Å²) < 4.78 is 0. The van der Waals surface area contributed by atoms with E-state index in [0.717, 1.165) is 24.2 Å². The molecule has 1 unspecified atom stereocenters. The van der Waals surface area contributed by atoms with Gasteiger partial charge in [-0.3, -0.25) is 4.99 Å². The van der Waals surface area contributed by atoms with E-state index in [1.165, 1.54) is 17.5 Å². The second-order valence-electron chi connectivity index (χ2n) is 5.30. The fraction of sp³-hybridized carbons (Fsp3) is 0.533. The lowest BCUT2D eigenvalue weighted by molar-refractivity contribution is 0.575. The molecule has 1 atom stereocenters. The van der Waals surface area contributed by atoms with Crippen molar-refractivity contribution in [3.63, 3.8) is 0 Å². The van der Waals surface area contributed by atoms with Crippen LogP contribution in [-0.4, -0.2) is 17.0 Å². The van der Waals surface area contributed by atoms with Crippen molar-refractivity contribution >= 4 is 16.9 Å². The summed E-state index contributed by atoms with van der Waals surface area (Å²) in [6.07, 6.45) is 1.25. The molecule has 1 aliphatic heterocycles. The van der Waals surface area contributed by atoms with Crippen LogP contribution < -0.4 is 5.32 Å². The number of hydrogen-bond donors (Lipinski definition) is 1. The molecule has 0 aliphatic carbocycles. The average molecular weight is 262 g/mol. The maximum Gasteiger partial charge on any atom is 0.157 e. The fourth-order valence-corrected chi connectivity index (χ4v) is 3.39. The van der Waals surface area contributed by atoms with Crippen molar-refractivity contribution in [3.8, 4) is 0 Å². The molecule has 0 saturated heterocycles. The maximum absolute atomic E-state index is 4.58. The number of amidine groups is 1. The number of nitrogens with zero attached hydrogens (tertiary/aromatic N) is 1. The van der Waals surface area contributed by atoms with Crippen molar-refractivity contribution in [2.24, 2.45) is 10.9 Å². The summed E-state index contributed by atoms with van der Waals surface area (Å²) in [6.45, 7) is 8.56. The average Bonchev–Trinajstić information content (AvgIpc) is 2.75. The number of thioether (sulfide) groups is 1. The van der Waals surface area contributed by atoms with Crippen molar-refractivity contribution in [3.05, 3.63) is 35.4 Å². The van der Waals surface area contributed by atoms with Crippen molar-refractivity contribution in [1.82, 2.24) is 5.32 Å². The van der Waals surface area contributed by atoms with Gasteiger partial charge in [-0.1, -0.05) is 49.9 Å². The largest absolute Gasteiger partial charge is 0.361 e. The number of aliphatic imine (C=N–C) groups is 1. The Bertz CT molecular complexity index is 426. The van der Waals surface area contributed by atoms with E-state index in [1.807, 2.05) is 11.8 Å². The zero-order valence-electron chi connectivity index (χ0n) is 11.4. The molecule has 2 rings (SSSR count). The van der Waals surface area contributed by atoms with Gasteiger partial charge in [0, 0.05) is 11.8 Å². The molecule has 3 heteroatoms. The van der Waals surface area contributed by atoms with Gasteiger partial charge >= 0.3 is 0 Å². The number of nitrogens with one attached hydrogen (secondary N) is 1. The lowest BCUT2D eigenvalue weighted by Crippen LogP contribution is -2.19. The molecule has 1 aromatic carbocycles. The first-order valence-corrected chi connectivity index (χ1v) is 7.52. The summed E-state index contributed by atoms with van der Waals surface area (Å²) in [4.78, 5) is 4.58. The highest BCUT2D eigenvalue weighted by atomic mass is 32.2. The summed E-state index contributed by atoms with van der Waals surface area (Å²) in [6, 6.07) is 8.50. The molecular weight excluding hydrogens is 240 g/mol. The van der Waals surface area contributed by atoms with Crippen molar-refractivity contribution in [1.29, 1.82) is 0 Å². The smallest absolute Gasteiger partial charge is 0.157 e. The van der Waals surface area contributed by atoms with Crippen LogP contribution in [0.2, 0.25) is 0 Å². The molecule has 1 heterocycles. The van der Waals surface area contributed by atoms with Crippen LogP contribution in [-0.2, 0) is 6.54 Å². The van der Waals surface area contributed by atoms with Crippen LogP contribution in [0.4, 0.5) is 0 Å². The minimum absolute atomic E-state index is 0.671. The summed E-state index contributed by atoms with van der Waals surface area (Å²) in [5.74, 6) is 0.758. The van der Waals surface area contributed by atoms with Crippen LogP contribution in [0.5, 0.6) is 0 Å². The van der Waals surface area contributed by atoms with Crippen LogP contribution in [0.3, 0.4) is 0 Å². The zero-order chi connectivity index (χ0) is 13.0. The van der Waals surface area contributed by atoms with Gasteiger partial charge in [0.1, 0.15) is 0 Å². The van der Waals surface area contributed by atoms with E-state index in [1.54, 1.807) is 0 Å². The molecule has 1 aliphatic rings. The van der Waals surface area contributed by atoms with E-state index < -0.39 is 0 Å². The highest BCUT2D eigenvalue weighted by Gasteiger charge is 2.20. The topological polar surface area (TPSA) is 24.4 Å². The third-order valence-corrected chi connectivity index (χ3v) is 4.31. The standard InChI is InChI=1S/C15H22N2S/c1-11(2)8-14-10-17-15(18-14)16-9-13-7-5-4-6-12(13)3/h4-7,11,14H,8-10H2,1-3H3,(H,16,17). The summed E-state index contributed by atoms with van der Waals surface area (Å²) in [5.41, 5.74) is 2.69. The number of aryl methyl sites for hydroxylation is 1. The van der Waals surface area contributed by atoms with Gasteiger partial charge in [-0.2, -0.15) is 0 Å². The van der Waals surface area contributed by atoms with E-state index in [-0.39, 0.29) is 0 Å². The minimum Gasteiger partial charge on any atom is -0.361 e. The fourth-order valence-electron chi connectivity index (χ4n) is 2.14. The van der Waals surface area contributed by atoms with Crippen LogP contribution >= 0.6 is 11.8 Å². The molecule has 0 fully saturated rings. The third-order valence-electron chi connectivity index (χ3n) is 3.14. The molecule has 0 spiro atoms. The Labute approximate surface area is 114 Å². The van der Waals surface area contributed by atoms with E-state index in [0.29, 0.717) is 5.25 Å². The molecule has 1 N–H and O–H groups in total. The Kier molecular flexibility index (Phi) is 4.70. The highest BCUT2D eigenvalue weighted by molar-refractivity contribution is 8.14. The number of hydrogen-bond acceptors (Lipinski definition) is 3. The SMILES string of the molecule is Cc1ccccc1CNC1=NCC(CC(C)C)S1. The molecule has 98 valence electrons. The predicted molar refractivity (Wildman–Crippen MR) is 81.2 cm³/mol. The second-order valence-corrected chi connectivity index (χ2v) is 6.58. The van der Waals surface area contributed by atoms with Gasteiger partial charge in [-0.15, -0.1) is 0 Å². The van der Waals surface area contributed by atoms with Gasteiger partial charge in [-0.05, 0) is 30.4 Å². The van der Waals surface area contributed by atoms with Crippen molar-refractivity contribution in [2.45, 2.75) is 39.0 Å². The first-order chi connectivity index (χ1) is 8.65. The molecule has 1 aromatic rings. The quantitative estimate of drug-likeness (QED) is 0.896. The second kappa shape index (κ2) is 6.28. The lowest BCUT2D eigenvalue weighted by atomic mass is 10.1. The van der Waals surface area contributed by atoms with Gasteiger partial charge in [0.2, 0.25) is 0 Å². The monoisotopic (exact) mass is 262 g/mol. The first-order valence-electron chi connectivity index (χ1n) is 6.64. The van der Waals surface area contributed by atoms with Gasteiger partial charge in [0.25, 0.3) is 0 Å². The molecule has 0 radical (unpaired) electrons. The maximum atomic E-state index is 4.58. The number of rotatable bonds is 4. The zero-order valence-corrected chi connectivity index (χ0v) is 12.3. The van der Waals surface area contributed by atoms with Crippen molar-refractivity contribution < 1.29 is 0 Å². The molecule has 18 heavy (non-hydrogen) atoms. The van der Waals surface area contributed by atoms with E-state index in [9.17, 15) is 0 Å². The predicted octanol–water partition coefficient (Wildman–Crippen LogP) is 3.60. The molecule has 0 bridgehead atoms. The van der Waals surface area contributed by atoms with Crippen LogP contribution in [0.25, 0.3) is 0 Å². The molecule has 0 aromatic heterocycles. The molecule has 0 amide bonds. The van der Waals surface area contributed by atoms with E-state index >= 15 is 0 Å². The Morgan fingerprint density at radius 3 is 2.89 bits per heavy atom. The van der Waals surface area contributed by atoms with E-state index in [4.69, 9.17) is 0 Å². The van der Waals surface area contributed by atoms with Crippen LogP contribution in [0.1, 0.15) is 31.4 Å². The Morgan fingerprint density at radius 1 is 1.39 bits per heavy atom. The van der Waals surface area contributed by atoms with E-state index in [2.05, 4.69) is 55.3 Å². The van der Waals surface area contributed by atoms with Crippen LogP contribution in [0, 0.1) is 12.8 Å². The summed E-state index contributed by atoms with van der Waals surface area (Å²) in [5, 5.41) is 5.24. The van der Waals surface area contributed by atoms with Gasteiger partial charge in [0.05, 0.1) is 6.54 Å². The Hall–Kier alpha value is -0.960. The van der Waals surface area contributed by atoms with Gasteiger partial charge in [-0.25, -0.2) is 0 Å². The van der Waals surface area contributed by atoms with Crippen LogP contribution in [0.15, 0.2) is 29.3 Å². The summed E-state index contributed by atoms with van der Waals surface area (Å²) in [7, 11) is 0. The molecular formula is C15H22N2S. The third kappa shape index (κ3) is 3.77. The molecule has 2 nitrogen and oxygen atoms in total. The normalized spacial score (nSPS) is 19.1. The van der Waals surface area contributed by atoms with Gasteiger partial charge < -0.3 is 5.32 Å². The van der Waals surface area contributed by atoms with Gasteiger partial charge in [0.15, 0.2) is 5.17 Å². The Morgan fingerprint density at radius 2 is 2.17 bits per heavy atom. The first kappa shape index (κ1) is 13.5. The Balaban J connectivity index is 1.80. The minimum atomic E-state index is 0.671. The van der Waals surface area contributed by atoms with Crippen molar-refractivity contribution in [2.75, 3.05) is 6.54 Å². The lowest BCUT2D eigenvalue weighted by Gasteiger charge is -2.11. The highest BCUT2D eigenvalue weighted by Crippen LogP contribution is 2.25. The molecule has 0 saturated carbocycles. The summed E-state index contributed by atoms with van der Waals surface area (Å²) >= 11 is 1.90. The number of benzene rings is 1.